The molecule has 0 atom stereocenters. The second-order valence-electron chi connectivity index (χ2n) is 5.00. The van der Waals surface area contributed by atoms with Crippen LogP contribution in [0.2, 0.25) is 0 Å². The van der Waals surface area contributed by atoms with E-state index in [1.807, 2.05) is 37.1 Å². The third-order valence-electron chi connectivity index (χ3n) is 3.70. The third kappa shape index (κ3) is 1.82. The molecule has 0 radical (unpaired) electrons. The largest absolute Gasteiger partial charge is 0.327 e. The van der Waals surface area contributed by atoms with Gasteiger partial charge < -0.3 is 10.3 Å². The number of nitrogens with zero attached hydrogens (tertiary/aromatic N) is 4. The number of aryl methyl sites for hydroxylation is 3. The zero-order valence-electron chi connectivity index (χ0n) is 12.1. The number of fused-ring (bicyclic) bond motifs is 1. The van der Waals surface area contributed by atoms with Gasteiger partial charge in [0.25, 0.3) is 0 Å². The molecule has 20 heavy (non-hydrogen) atoms. The molecule has 0 unspecified atom stereocenters. The third-order valence-corrected chi connectivity index (χ3v) is 3.70. The first kappa shape index (κ1) is 12.9. The lowest BCUT2D eigenvalue weighted by molar-refractivity contribution is 0.746. The molecule has 104 valence electrons. The smallest absolute Gasteiger partial charge is 0.144 e. The van der Waals surface area contributed by atoms with Crippen molar-refractivity contribution in [2.75, 3.05) is 0 Å². The van der Waals surface area contributed by atoms with Crippen molar-refractivity contribution < 1.29 is 0 Å². The van der Waals surface area contributed by atoms with E-state index in [0.717, 1.165) is 40.1 Å². The first-order valence-electron chi connectivity index (χ1n) is 6.83. The van der Waals surface area contributed by atoms with Crippen LogP contribution in [0.15, 0.2) is 24.4 Å². The molecule has 0 aliphatic heterocycles. The van der Waals surface area contributed by atoms with Gasteiger partial charge in [0.1, 0.15) is 5.82 Å². The van der Waals surface area contributed by atoms with Crippen molar-refractivity contribution in [1.82, 2.24) is 19.3 Å². The van der Waals surface area contributed by atoms with E-state index < -0.39 is 0 Å². The number of aromatic nitrogens is 4. The van der Waals surface area contributed by atoms with E-state index in [9.17, 15) is 0 Å². The van der Waals surface area contributed by atoms with Gasteiger partial charge in [-0.3, -0.25) is 4.68 Å². The quantitative estimate of drug-likeness (QED) is 0.791. The van der Waals surface area contributed by atoms with Crippen LogP contribution in [0.4, 0.5) is 0 Å². The molecular formula is C15H19N5. The molecule has 5 heteroatoms. The van der Waals surface area contributed by atoms with Gasteiger partial charge in [-0.15, -0.1) is 0 Å². The topological polar surface area (TPSA) is 61.7 Å². The highest BCUT2D eigenvalue weighted by atomic mass is 15.3. The minimum absolute atomic E-state index is 0.501. The van der Waals surface area contributed by atoms with Crippen molar-refractivity contribution >= 4 is 11.0 Å². The van der Waals surface area contributed by atoms with Gasteiger partial charge >= 0.3 is 0 Å². The summed E-state index contributed by atoms with van der Waals surface area (Å²) in [5.41, 5.74) is 11.1. The molecular weight excluding hydrogens is 250 g/mol. The molecule has 2 heterocycles. The van der Waals surface area contributed by atoms with Crippen LogP contribution in [0.25, 0.3) is 22.4 Å². The Bertz CT molecular complexity index is 766. The molecule has 1 aromatic carbocycles. The molecule has 3 rings (SSSR count). The number of hydrogen-bond donors (Lipinski definition) is 1. The number of para-hydroxylation sites is 1. The van der Waals surface area contributed by atoms with Crippen LogP contribution in [0.1, 0.15) is 18.2 Å². The van der Waals surface area contributed by atoms with E-state index in [4.69, 9.17) is 10.7 Å². The van der Waals surface area contributed by atoms with Gasteiger partial charge in [0.2, 0.25) is 0 Å². The number of nitrogens with two attached hydrogens (primary N) is 1. The average Bonchev–Trinajstić information content (AvgIpc) is 2.99. The Morgan fingerprint density at radius 2 is 2.05 bits per heavy atom. The van der Waals surface area contributed by atoms with E-state index in [0.29, 0.717) is 6.54 Å². The molecule has 0 aliphatic rings. The van der Waals surface area contributed by atoms with Crippen LogP contribution in [0, 0.1) is 0 Å². The highest BCUT2D eigenvalue weighted by Gasteiger charge is 2.16. The lowest BCUT2D eigenvalue weighted by Crippen LogP contribution is -1.97. The van der Waals surface area contributed by atoms with Crippen molar-refractivity contribution in [1.29, 1.82) is 0 Å². The molecule has 0 bridgehead atoms. The maximum Gasteiger partial charge on any atom is 0.144 e. The van der Waals surface area contributed by atoms with Crippen LogP contribution in [-0.4, -0.2) is 19.3 Å². The molecule has 0 amide bonds. The van der Waals surface area contributed by atoms with Gasteiger partial charge in [-0.05, 0) is 18.1 Å². The van der Waals surface area contributed by atoms with E-state index in [-0.39, 0.29) is 0 Å². The van der Waals surface area contributed by atoms with Crippen LogP contribution in [0.5, 0.6) is 0 Å². The average molecular weight is 269 g/mol. The molecule has 0 saturated heterocycles. The number of hydrogen-bond acceptors (Lipinski definition) is 3. The van der Waals surface area contributed by atoms with Crippen molar-refractivity contribution in [3.05, 3.63) is 35.7 Å². The van der Waals surface area contributed by atoms with Gasteiger partial charge in [0, 0.05) is 26.8 Å². The Morgan fingerprint density at radius 1 is 1.25 bits per heavy atom. The van der Waals surface area contributed by atoms with Crippen LogP contribution < -0.4 is 5.73 Å². The summed E-state index contributed by atoms with van der Waals surface area (Å²) < 4.78 is 3.96. The molecule has 3 aromatic rings. The predicted molar refractivity (Wildman–Crippen MR) is 80.2 cm³/mol. The highest BCUT2D eigenvalue weighted by Crippen LogP contribution is 2.27. The van der Waals surface area contributed by atoms with E-state index in [1.54, 1.807) is 0 Å². The lowest BCUT2D eigenvalue weighted by Gasteiger charge is -2.01. The van der Waals surface area contributed by atoms with Crippen molar-refractivity contribution in [3.63, 3.8) is 0 Å². The summed E-state index contributed by atoms with van der Waals surface area (Å²) in [4.78, 5) is 4.80. The van der Waals surface area contributed by atoms with Gasteiger partial charge in [0.15, 0.2) is 0 Å². The summed E-state index contributed by atoms with van der Waals surface area (Å²) in [5, 5.41) is 4.50. The van der Waals surface area contributed by atoms with Crippen molar-refractivity contribution in [2.45, 2.75) is 19.9 Å². The summed E-state index contributed by atoms with van der Waals surface area (Å²) in [6.45, 7) is 2.61. The summed E-state index contributed by atoms with van der Waals surface area (Å²) in [6.07, 6.45) is 2.92. The van der Waals surface area contributed by atoms with Gasteiger partial charge in [-0.2, -0.15) is 5.10 Å². The van der Waals surface area contributed by atoms with E-state index in [1.165, 1.54) is 0 Å². The van der Waals surface area contributed by atoms with Gasteiger partial charge in [-0.25, -0.2) is 4.98 Å². The Kier molecular flexibility index (Phi) is 3.06. The standard InChI is InChI=1S/C15H19N5/c1-4-12-11(9-19(2)18-12)15-17-14-10(8-16)6-5-7-13(14)20(15)3/h5-7,9H,4,8,16H2,1-3H3. The SMILES string of the molecule is CCc1nn(C)cc1-c1nc2c(CN)cccc2n1C. The van der Waals surface area contributed by atoms with Crippen LogP contribution in [0.3, 0.4) is 0 Å². The maximum absolute atomic E-state index is 5.81. The predicted octanol–water partition coefficient (Wildman–Crippen LogP) is 1.99. The molecule has 0 saturated carbocycles. The first-order valence-corrected chi connectivity index (χ1v) is 6.83. The second kappa shape index (κ2) is 4.76. The molecule has 5 nitrogen and oxygen atoms in total. The summed E-state index contributed by atoms with van der Waals surface area (Å²) in [6, 6.07) is 6.13. The van der Waals surface area contributed by atoms with Gasteiger partial charge in [0.05, 0.1) is 22.3 Å². The molecule has 0 fully saturated rings. The van der Waals surface area contributed by atoms with E-state index >= 15 is 0 Å². The molecule has 0 spiro atoms. The minimum atomic E-state index is 0.501. The highest BCUT2D eigenvalue weighted by molar-refractivity contribution is 5.83. The Labute approximate surface area is 118 Å². The fraction of sp³-hybridized carbons (Fsp3) is 0.333. The number of imidazole rings is 1. The summed E-state index contributed by atoms with van der Waals surface area (Å²) in [7, 11) is 3.98. The Hall–Kier alpha value is -2.14. The lowest BCUT2D eigenvalue weighted by atomic mass is 10.2. The minimum Gasteiger partial charge on any atom is -0.327 e. The monoisotopic (exact) mass is 269 g/mol. The molecule has 2 aromatic heterocycles. The van der Waals surface area contributed by atoms with E-state index in [2.05, 4.69) is 22.7 Å². The van der Waals surface area contributed by atoms with Crippen molar-refractivity contribution in [2.24, 2.45) is 19.8 Å². The Balaban J connectivity index is 2.29. The number of rotatable bonds is 3. The zero-order chi connectivity index (χ0) is 14.3. The fourth-order valence-electron chi connectivity index (χ4n) is 2.66. The first-order chi connectivity index (χ1) is 9.65. The molecule has 2 N–H and O–H groups in total. The fourth-order valence-corrected chi connectivity index (χ4v) is 2.66. The molecule has 0 aliphatic carbocycles. The maximum atomic E-state index is 5.81. The van der Waals surface area contributed by atoms with Crippen molar-refractivity contribution in [3.8, 4) is 11.4 Å². The zero-order valence-corrected chi connectivity index (χ0v) is 12.1. The summed E-state index contributed by atoms with van der Waals surface area (Å²) >= 11 is 0. The normalized spacial score (nSPS) is 11.4. The summed E-state index contributed by atoms with van der Waals surface area (Å²) in [5.74, 6) is 0.950. The second-order valence-corrected chi connectivity index (χ2v) is 5.00. The van der Waals surface area contributed by atoms with Gasteiger partial charge in [-0.1, -0.05) is 19.1 Å². The van der Waals surface area contributed by atoms with Crippen LogP contribution >= 0.6 is 0 Å². The van der Waals surface area contributed by atoms with Crippen LogP contribution in [-0.2, 0) is 27.1 Å². The number of benzene rings is 1. The Morgan fingerprint density at radius 3 is 2.75 bits per heavy atom.